The van der Waals surface area contributed by atoms with E-state index in [1.807, 2.05) is 63.2 Å². The van der Waals surface area contributed by atoms with Crippen LogP contribution in [0.5, 0.6) is 0 Å². The van der Waals surface area contributed by atoms with E-state index < -0.39 is 6.04 Å². The minimum atomic E-state index is -0.605. The van der Waals surface area contributed by atoms with Gasteiger partial charge in [0.2, 0.25) is 5.91 Å². The van der Waals surface area contributed by atoms with Gasteiger partial charge in [-0.2, -0.15) is 0 Å². The maximum Gasteiger partial charge on any atom is 0.251 e. The average molecular weight is 380 g/mol. The third-order valence-electron chi connectivity index (χ3n) is 5.12. The molecule has 28 heavy (non-hydrogen) atoms. The van der Waals surface area contributed by atoms with Crippen LogP contribution in [-0.2, 0) is 4.79 Å². The van der Waals surface area contributed by atoms with Gasteiger partial charge in [-0.3, -0.25) is 9.59 Å². The largest absolute Gasteiger partial charge is 0.372 e. The van der Waals surface area contributed by atoms with Crippen molar-refractivity contribution in [2.45, 2.75) is 39.7 Å². The van der Waals surface area contributed by atoms with Crippen LogP contribution in [-0.4, -0.2) is 30.9 Å². The fraction of sp³-hybridized carbons (Fsp3) is 0.391. The second-order valence-electron chi connectivity index (χ2n) is 7.79. The quantitative estimate of drug-likeness (QED) is 0.798. The summed E-state index contributed by atoms with van der Waals surface area (Å²) in [6, 6.07) is 14.7. The number of anilines is 2. The van der Waals surface area contributed by atoms with E-state index in [4.69, 9.17) is 0 Å². The second-order valence-corrected chi connectivity index (χ2v) is 7.79. The normalized spacial score (nSPS) is 14.8. The number of aryl methyl sites for hydroxylation is 1. The van der Waals surface area contributed by atoms with Gasteiger partial charge >= 0.3 is 0 Å². The number of carbonyl (C=O) groups excluding carboxylic acids is 2. The first kappa shape index (κ1) is 19.9. The Hall–Kier alpha value is -2.82. The molecule has 2 aromatic rings. The molecule has 2 amide bonds. The van der Waals surface area contributed by atoms with Crippen molar-refractivity contribution < 1.29 is 9.59 Å². The van der Waals surface area contributed by atoms with E-state index in [-0.39, 0.29) is 17.7 Å². The van der Waals surface area contributed by atoms with Crippen LogP contribution >= 0.6 is 0 Å². The standard InChI is InChI=1S/C23H29N3O2/c1-16(2)21(25-22(27)18-8-6-7-17(3)15-18)23(28)24-19-9-11-20(12-10-19)26-13-4-5-14-26/h6-12,15-16,21H,4-5,13-14H2,1-3H3,(H,24,28)(H,25,27). The molecular formula is C23H29N3O2. The SMILES string of the molecule is Cc1cccc(C(=O)NC(C(=O)Nc2ccc(N3CCCC3)cc2)C(C)C)c1. The van der Waals surface area contributed by atoms with E-state index in [9.17, 15) is 9.59 Å². The van der Waals surface area contributed by atoms with Crippen molar-refractivity contribution in [1.29, 1.82) is 0 Å². The molecule has 0 aliphatic carbocycles. The predicted octanol–water partition coefficient (Wildman–Crippen LogP) is 3.99. The Bertz CT molecular complexity index is 824. The molecule has 1 atom stereocenters. The Morgan fingerprint density at radius 3 is 2.29 bits per heavy atom. The number of amides is 2. The van der Waals surface area contributed by atoms with Gasteiger partial charge in [0.1, 0.15) is 6.04 Å². The van der Waals surface area contributed by atoms with Crippen molar-refractivity contribution in [2.24, 2.45) is 5.92 Å². The zero-order chi connectivity index (χ0) is 20.1. The molecule has 2 N–H and O–H groups in total. The van der Waals surface area contributed by atoms with Gasteiger partial charge in [-0.05, 0) is 62.1 Å². The number of carbonyl (C=O) groups is 2. The first-order chi connectivity index (χ1) is 13.4. The molecule has 0 saturated carbocycles. The van der Waals surface area contributed by atoms with Crippen molar-refractivity contribution in [3.63, 3.8) is 0 Å². The highest BCUT2D eigenvalue weighted by atomic mass is 16.2. The highest BCUT2D eigenvalue weighted by molar-refractivity contribution is 6.01. The molecule has 1 unspecified atom stereocenters. The average Bonchev–Trinajstić information content (AvgIpc) is 3.21. The maximum absolute atomic E-state index is 12.8. The third-order valence-corrected chi connectivity index (χ3v) is 5.12. The van der Waals surface area contributed by atoms with Crippen LogP contribution < -0.4 is 15.5 Å². The smallest absolute Gasteiger partial charge is 0.251 e. The van der Waals surface area contributed by atoms with Gasteiger partial charge in [0.05, 0.1) is 0 Å². The van der Waals surface area contributed by atoms with Gasteiger partial charge in [0.15, 0.2) is 0 Å². The summed E-state index contributed by atoms with van der Waals surface area (Å²) in [5, 5.41) is 5.81. The van der Waals surface area contributed by atoms with Gasteiger partial charge in [0, 0.05) is 30.0 Å². The minimum Gasteiger partial charge on any atom is -0.372 e. The molecule has 1 aliphatic heterocycles. The van der Waals surface area contributed by atoms with Gasteiger partial charge in [-0.1, -0.05) is 31.5 Å². The molecule has 0 spiro atoms. The third kappa shape index (κ3) is 4.91. The van der Waals surface area contributed by atoms with Gasteiger partial charge in [0.25, 0.3) is 5.91 Å². The maximum atomic E-state index is 12.8. The van der Waals surface area contributed by atoms with Gasteiger partial charge in [-0.25, -0.2) is 0 Å². The fourth-order valence-electron chi connectivity index (χ4n) is 3.50. The predicted molar refractivity (Wildman–Crippen MR) is 114 cm³/mol. The van der Waals surface area contributed by atoms with Crippen molar-refractivity contribution in [3.8, 4) is 0 Å². The number of benzene rings is 2. The number of nitrogens with one attached hydrogen (secondary N) is 2. The molecule has 2 aromatic carbocycles. The van der Waals surface area contributed by atoms with Crippen LogP contribution in [0.15, 0.2) is 48.5 Å². The van der Waals surface area contributed by atoms with Crippen LogP contribution in [0.1, 0.15) is 42.6 Å². The minimum absolute atomic E-state index is 0.0300. The lowest BCUT2D eigenvalue weighted by atomic mass is 10.0. The van der Waals surface area contributed by atoms with Crippen LogP contribution in [0.25, 0.3) is 0 Å². The first-order valence-electron chi connectivity index (χ1n) is 9.97. The Kier molecular flexibility index (Phi) is 6.34. The lowest BCUT2D eigenvalue weighted by Gasteiger charge is -2.22. The Labute approximate surface area is 167 Å². The number of nitrogens with zero attached hydrogens (tertiary/aromatic N) is 1. The summed E-state index contributed by atoms with van der Waals surface area (Å²) in [6.07, 6.45) is 2.46. The monoisotopic (exact) mass is 379 g/mol. The molecule has 148 valence electrons. The molecule has 0 aromatic heterocycles. The Morgan fingerprint density at radius 2 is 1.68 bits per heavy atom. The van der Waals surface area contributed by atoms with E-state index >= 15 is 0 Å². The van der Waals surface area contributed by atoms with Crippen LogP contribution in [0, 0.1) is 12.8 Å². The summed E-state index contributed by atoms with van der Waals surface area (Å²) in [5.74, 6) is -0.468. The molecule has 5 heteroatoms. The zero-order valence-corrected chi connectivity index (χ0v) is 16.9. The molecule has 1 heterocycles. The second kappa shape index (κ2) is 8.91. The van der Waals surface area contributed by atoms with Crippen molar-refractivity contribution in [3.05, 3.63) is 59.7 Å². The van der Waals surface area contributed by atoms with Crippen LogP contribution in [0.4, 0.5) is 11.4 Å². The molecule has 0 radical (unpaired) electrons. The highest BCUT2D eigenvalue weighted by Crippen LogP contribution is 2.22. The number of rotatable bonds is 6. The molecule has 3 rings (SSSR count). The number of hydrogen-bond donors (Lipinski definition) is 2. The summed E-state index contributed by atoms with van der Waals surface area (Å²) < 4.78 is 0. The van der Waals surface area contributed by atoms with Gasteiger partial charge < -0.3 is 15.5 Å². The van der Waals surface area contributed by atoms with E-state index in [0.717, 1.165) is 24.3 Å². The van der Waals surface area contributed by atoms with Crippen molar-refractivity contribution in [1.82, 2.24) is 5.32 Å². The van der Waals surface area contributed by atoms with Crippen molar-refractivity contribution in [2.75, 3.05) is 23.3 Å². The summed E-state index contributed by atoms with van der Waals surface area (Å²) in [7, 11) is 0. The number of hydrogen-bond acceptors (Lipinski definition) is 3. The van der Waals surface area contributed by atoms with E-state index in [1.54, 1.807) is 6.07 Å². The van der Waals surface area contributed by atoms with Crippen LogP contribution in [0.3, 0.4) is 0 Å². The Balaban J connectivity index is 1.65. The van der Waals surface area contributed by atoms with Crippen molar-refractivity contribution >= 4 is 23.2 Å². The molecule has 1 aliphatic rings. The first-order valence-corrected chi connectivity index (χ1v) is 9.97. The topological polar surface area (TPSA) is 61.4 Å². The summed E-state index contributed by atoms with van der Waals surface area (Å²) in [4.78, 5) is 27.7. The molecule has 5 nitrogen and oxygen atoms in total. The van der Waals surface area contributed by atoms with Gasteiger partial charge in [-0.15, -0.1) is 0 Å². The molecule has 0 bridgehead atoms. The molecule has 1 saturated heterocycles. The van der Waals surface area contributed by atoms with Crippen LogP contribution in [0.2, 0.25) is 0 Å². The summed E-state index contributed by atoms with van der Waals surface area (Å²) >= 11 is 0. The zero-order valence-electron chi connectivity index (χ0n) is 16.9. The summed E-state index contributed by atoms with van der Waals surface area (Å²) in [5.41, 5.74) is 3.50. The summed E-state index contributed by atoms with van der Waals surface area (Å²) in [6.45, 7) is 7.97. The Morgan fingerprint density at radius 1 is 1.00 bits per heavy atom. The van der Waals surface area contributed by atoms with E-state index in [1.165, 1.54) is 18.5 Å². The lowest BCUT2D eigenvalue weighted by Crippen LogP contribution is -2.47. The fourth-order valence-corrected chi connectivity index (χ4v) is 3.50. The van der Waals surface area contributed by atoms with E-state index in [0.29, 0.717) is 5.56 Å². The highest BCUT2D eigenvalue weighted by Gasteiger charge is 2.25. The van der Waals surface area contributed by atoms with E-state index in [2.05, 4.69) is 15.5 Å². The molecule has 1 fully saturated rings. The molecular weight excluding hydrogens is 350 g/mol. The lowest BCUT2D eigenvalue weighted by molar-refractivity contribution is -0.118.